The quantitative estimate of drug-likeness (QED) is 0.833. The van der Waals surface area contributed by atoms with E-state index in [0.29, 0.717) is 30.3 Å². The molecule has 2 aliphatic carbocycles. The number of hydrogen-bond acceptors (Lipinski definition) is 5. The van der Waals surface area contributed by atoms with Gasteiger partial charge in [0, 0.05) is 19.8 Å². The van der Waals surface area contributed by atoms with Crippen LogP contribution in [-0.4, -0.2) is 35.9 Å². The molecule has 0 unspecified atom stereocenters. The first kappa shape index (κ1) is 15.9. The van der Waals surface area contributed by atoms with E-state index in [2.05, 4.69) is 20.8 Å². The van der Waals surface area contributed by atoms with Gasteiger partial charge in [-0.2, -0.15) is 4.98 Å². The molecule has 4 rings (SSSR count). The van der Waals surface area contributed by atoms with Crippen molar-refractivity contribution in [3.8, 4) is 0 Å². The summed E-state index contributed by atoms with van der Waals surface area (Å²) < 4.78 is 10.8. The zero-order chi connectivity index (χ0) is 16.6. The second kappa shape index (κ2) is 6.35. The number of rotatable bonds is 6. The Labute approximate surface area is 141 Å². The maximum atomic E-state index is 12.5. The number of aryl methyl sites for hydroxylation is 1. The Kier molecular flexibility index (Phi) is 4.20. The van der Waals surface area contributed by atoms with Crippen LogP contribution in [0, 0.1) is 24.2 Å². The van der Waals surface area contributed by atoms with Crippen LogP contribution in [0.1, 0.15) is 56.3 Å². The molecule has 24 heavy (non-hydrogen) atoms. The third kappa shape index (κ3) is 3.41. The van der Waals surface area contributed by atoms with E-state index >= 15 is 0 Å². The van der Waals surface area contributed by atoms with Crippen molar-refractivity contribution in [2.24, 2.45) is 17.3 Å². The van der Waals surface area contributed by atoms with Crippen LogP contribution in [0.3, 0.4) is 0 Å². The highest BCUT2D eigenvalue weighted by Gasteiger charge is 2.53. The van der Waals surface area contributed by atoms with Gasteiger partial charge in [-0.05, 0) is 62.7 Å². The number of carbonyl (C=O) groups is 1. The minimum Gasteiger partial charge on any atom is -0.381 e. The van der Waals surface area contributed by atoms with Crippen LogP contribution < -0.4 is 10.6 Å². The molecule has 2 N–H and O–H groups in total. The minimum atomic E-state index is -0.244. The number of carbonyl (C=O) groups excluding carboxylic acids is 1. The summed E-state index contributed by atoms with van der Waals surface area (Å²) in [5, 5.41) is 10.0. The number of urea groups is 1. The standard InChI is InChI=1S/C17H26N4O3/c1-11-19-15(24-21-11)14(12-4-8-23-9-5-12)20-16(22)18-10-17(6-7-17)13-2-3-13/h12-14H,2-10H2,1H3,(H2,18,20,22)/t14-/m0/s1. The Hall–Kier alpha value is -1.63. The summed E-state index contributed by atoms with van der Waals surface area (Å²) in [5.74, 6) is 2.19. The monoisotopic (exact) mass is 334 g/mol. The molecule has 2 heterocycles. The summed E-state index contributed by atoms with van der Waals surface area (Å²) in [6.07, 6.45) is 6.94. The van der Waals surface area contributed by atoms with Crippen LogP contribution in [0.15, 0.2) is 4.52 Å². The minimum absolute atomic E-state index is 0.130. The van der Waals surface area contributed by atoms with Crippen molar-refractivity contribution in [3.05, 3.63) is 11.7 Å². The van der Waals surface area contributed by atoms with Crippen molar-refractivity contribution >= 4 is 6.03 Å². The normalized spacial score (nSPS) is 24.4. The fourth-order valence-electron chi connectivity index (χ4n) is 3.90. The Morgan fingerprint density at radius 1 is 1.29 bits per heavy atom. The zero-order valence-electron chi connectivity index (χ0n) is 14.2. The molecule has 7 nitrogen and oxygen atoms in total. The lowest BCUT2D eigenvalue weighted by Gasteiger charge is -2.28. The summed E-state index contributed by atoms with van der Waals surface area (Å²) >= 11 is 0. The maximum absolute atomic E-state index is 12.5. The van der Waals surface area contributed by atoms with Crippen molar-refractivity contribution in [1.29, 1.82) is 0 Å². The molecule has 0 spiro atoms. The van der Waals surface area contributed by atoms with Crippen molar-refractivity contribution in [3.63, 3.8) is 0 Å². The third-order valence-electron chi connectivity index (χ3n) is 5.77. The van der Waals surface area contributed by atoms with Crippen molar-refractivity contribution in [2.45, 2.75) is 51.5 Å². The van der Waals surface area contributed by atoms with Crippen LogP contribution in [0.25, 0.3) is 0 Å². The van der Waals surface area contributed by atoms with Gasteiger partial charge in [-0.15, -0.1) is 0 Å². The molecule has 0 aromatic carbocycles. The third-order valence-corrected chi connectivity index (χ3v) is 5.77. The molecule has 1 saturated heterocycles. The highest BCUT2D eigenvalue weighted by atomic mass is 16.5. The molecule has 132 valence electrons. The average Bonchev–Trinajstić information content (AvgIpc) is 3.50. The second-order valence-electron chi connectivity index (χ2n) is 7.57. The Balaban J connectivity index is 1.38. The summed E-state index contributed by atoms with van der Waals surface area (Å²) in [6.45, 7) is 4.00. The van der Waals surface area contributed by atoms with Crippen molar-refractivity contribution < 1.29 is 14.1 Å². The number of hydrogen-bond donors (Lipinski definition) is 2. The fourth-order valence-corrected chi connectivity index (χ4v) is 3.90. The Bertz CT molecular complexity index is 588. The maximum Gasteiger partial charge on any atom is 0.315 e. The van der Waals surface area contributed by atoms with Gasteiger partial charge < -0.3 is 19.9 Å². The average molecular weight is 334 g/mol. The number of ether oxygens (including phenoxy) is 1. The molecule has 7 heteroatoms. The number of amides is 2. The summed E-state index contributed by atoms with van der Waals surface area (Å²) in [7, 11) is 0. The highest BCUT2D eigenvalue weighted by Crippen LogP contribution is 2.60. The lowest BCUT2D eigenvalue weighted by molar-refractivity contribution is 0.0503. The van der Waals surface area contributed by atoms with E-state index in [1.54, 1.807) is 6.92 Å². The van der Waals surface area contributed by atoms with Gasteiger partial charge in [-0.1, -0.05) is 5.16 Å². The van der Waals surface area contributed by atoms with Crippen LogP contribution in [0.4, 0.5) is 4.79 Å². The van der Waals surface area contributed by atoms with Gasteiger partial charge in [0.1, 0.15) is 6.04 Å². The van der Waals surface area contributed by atoms with Crippen LogP contribution in [0.2, 0.25) is 0 Å². The van der Waals surface area contributed by atoms with E-state index in [1.807, 2.05) is 0 Å². The molecule has 1 atom stereocenters. The number of nitrogens with zero attached hydrogens (tertiary/aromatic N) is 2. The molecule has 3 fully saturated rings. The smallest absolute Gasteiger partial charge is 0.315 e. The lowest BCUT2D eigenvalue weighted by atomic mass is 9.91. The van der Waals surface area contributed by atoms with Crippen molar-refractivity contribution in [2.75, 3.05) is 19.8 Å². The first-order valence-corrected chi connectivity index (χ1v) is 9.09. The van der Waals surface area contributed by atoms with E-state index in [1.165, 1.54) is 25.7 Å². The van der Waals surface area contributed by atoms with Crippen molar-refractivity contribution in [1.82, 2.24) is 20.8 Å². The Morgan fingerprint density at radius 3 is 2.62 bits per heavy atom. The van der Waals surface area contributed by atoms with Crippen LogP contribution in [0.5, 0.6) is 0 Å². The molecular weight excluding hydrogens is 308 g/mol. The van der Waals surface area contributed by atoms with E-state index in [0.717, 1.165) is 25.3 Å². The number of nitrogens with one attached hydrogen (secondary N) is 2. The van der Waals surface area contributed by atoms with Gasteiger partial charge in [0.25, 0.3) is 0 Å². The molecule has 1 aromatic rings. The van der Waals surface area contributed by atoms with E-state index < -0.39 is 0 Å². The fraction of sp³-hybridized carbons (Fsp3) is 0.824. The molecule has 3 aliphatic rings. The Morgan fingerprint density at radius 2 is 2.04 bits per heavy atom. The number of aromatic nitrogens is 2. The summed E-state index contributed by atoms with van der Waals surface area (Å²) in [6, 6.07) is -0.375. The molecule has 0 radical (unpaired) electrons. The van der Waals surface area contributed by atoms with Gasteiger partial charge in [-0.3, -0.25) is 0 Å². The first-order chi connectivity index (χ1) is 11.7. The molecule has 1 aliphatic heterocycles. The van der Waals surface area contributed by atoms with Crippen LogP contribution in [-0.2, 0) is 4.74 Å². The molecule has 2 saturated carbocycles. The largest absolute Gasteiger partial charge is 0.381 e. The lowest BCUT2D eigenvalue weighted by Crippen LogP contribution is -2.44. The topological polar surface area (TPSA) is 89.3 Å². The SMILES string of the molecule is Cc1noc([C@@H](NC(=O)NCC2(C3CC3)CC2)C2CCOCC2)n1. The highest BCUT2D eigenvalue weighted by molar-refractivity contribution is 5.74. The molecule has 0 bridgehead atoms. The van der Waals surface area contributed by atoms with E-state index in [-0.39, 0.29) is 18.0 Å². The predicted octanol–water partition coefficient (Wildman–Crippen LogP) is 2.34. The van der Waals surface area contributed by atoms with E-state index in [4.69, 9.17) is 9.26 Å². The van der Waals surface area contributed by atoms with Gasteiger partial charge in [-0.25, -0.2) is 4.79 Å². The zero-order valence-corrected chi connectivity index (χ0v) is 14.2. The van der Waals surface area contributed by atoms with Gasteiger partial charge in [0.05, 0.1) is 0 Å². The van der Waals surface area contributed by atoms with E-state index in [9.17, 15) is 4.79 Å². The molecular formula is C17H26N4O3. The molecule has 2 amide bonds. The van der Waals surface area contributed by atoms with Gasteiger partial charge in [0.2, 0.25) is 5.89 Å². The van der Waals surface area contributed by atoms with Crippen LogP contribution >= 0.6 is 0 Å². The summed E-state index contributed by atoms with van der Waals surface area (Å²) in [5.41, 5.74) is 0.395. The second-order valence-corrected chi connectivity index (χ2v) is 7.57. The predicted molar refractivity (Wildman–Crippen MR) is 86.2 cm³/mol. The first-order valence-electron chi connectivity index (χ1n) is 9.09. The van der Waals surface area contributed by atoms with Gasteiger partial charge >= 0.3 is 6.03 Å². The summed E-state index contributed by atoms with van der Waals surface area (Å²) in [4.78, 5) is 16.8. The van der Waals surface area contributed by atoms with Gasteiger partial charge in [0.15, 0.2) is 5.82 Å². The molecule has 1 aromatic heterocycles.